The van der Waals surface area contributed by atoms with Crippen LogP contribution in [0.1, 0.15) is 51.0 Å². The fourth-order valence-corrected chi connectivity index (χ4v) is 8.98. The minimum absolute atomic E-state index is 0.359. The van der Waals surface area contributed by atoms with Crippen molar-refractivity contribution in [2.24, 2.45) is 11.8 Å². The van der Waals surface area contributed by atoms with Gasteiger partial charge in [0.2, 0.25) is 0 Å². The summed E-state index contributed by atoms with van der Waals surface area (Å²) in [4.78, 5) is 0. The van der Waals surface area contributed by atoms with Crippen LogP contribution in [-0.4, -0.2) is 8.80 Å². The first-order valence-corrected chi connectivity index (χ1v) is 13.9. The Kier molecular flexibility index (Phi) is 6.82. The molecule has 2 aliphatic rings. The second kappa shape index (κ2) is 9.55. The van der Waals surface area contributed by atoms with Gasteiger partial charge < -0.3 is 0 Å². The van der Waals surface area contributed by atoms with Crippen molar-refractivity contribution in [2.45, 2.75) is 63.6 Å². The Morgan fingerprint density at radius 1 is 0.833 bits per heavy atom. The van der Waals surface area contributed by atoms with Crippen molar-refractivity contribution in [3.8, 4) is 11.1 Å². The van der Waals surface area contributed by atoms with E-state index in [9.17, 15) is 13.2 Å². The molecule has 1 saturated heterocycles. The molecule has 0 radical (unpaired) electrons. The fourth-order valence-electron chi connectivity index (χ4n) is 5.50. The first-order chi connectivity index (χ1) is 14.5. The molecule has 0 nitrogen and oxygen atoms in total. The van der Waals surface area contributed by atoms with Crippen LogP contribution in [0.4, 0.5) is 13.2 Å². The van der Waals surface area contributed by atoms with Crippen molar-refractivity contribution >= 4 is 14.4 Å². The van der Waals surface area contributed by atoms with Crippen LogP contribution in [0.5, 0.6) is 0 Å². The number of hydrogen-bond acceptors (Lipinski definition) is 0. The van der Waals surface area contributed by atoms with E-state index in [1.54, 1.807) is 12.1 Å². The van der Waals surface area contributed by atoms with Crippen LogP contribution >= 0.6 is 0 Å². The maximum absolute atomic E-state index is 13.5. The summed E-state index contributed by atoms with van der Waals surface area (Å²) in [5, 5.41) is 0. The lowest BCUT2D eigenvalue weighted by Gasteiger charge is -2.35. The van der Waals surface area contributed by atoms with Crippen LogP contribution in [0.3, 0.4) is 0 Å². The summed E-state index contributed by atoms with van der Waals surface area (Å²) in [5.74, 6) is -1.95. The molecule has 0 N–H and O–H groups in total. The molecule has 0 spiro atoms. The van der Waals surface area contributed by atoms with Gasteiger partial charge in [-0.1, -0.05) is 74.7 Å². The van der Waals surface area contributed by atoms with Crippen LogP contribution in [0.2, 0.25) is 18.1 Å². The van der Waals surface area contributed by atoms with Crippen molar-refractivity contribution < 1.29 is 13.2 Å². The van der Waals surface area contributed by atoms with Crippen LogP contribution in [0.25, 0.3) is 16.7 Å². The van der Waals surface area contributed by atoms with Gasteiger partial charge in [-0.3, -0.25) is 0 Å². The topological polar surface area (TPSA) is 0 Å². The van der Waals surface area contributed by atoms with E-state index in [0.29, 0.717) is 11.1 Å². The first kappa shape index (κ1) is 21.4. The van der Waals surface area contributed by atoms with Gasteiger partial charge in [0, 0.05) is 8.80 Å². The van der Waals surface area contributed by atoms with Gasteiger partial charge >= 0.3 is 0 Å². The highest BCUT2D eigenvalue weighted by molar-refractivity contribution is 6.58. The summed E-state index contributed by atoms with van der Waals surface area (Å²) in [5.41, 5.74) is 3.61. The number of halogens is 3. The van der Waals surface area contributed by atoms with E-state index >= 15 is 0 Å². The number of rotatable bonds is 5. The third-order valence-corrected chi connectivity index (χ3v) is 11.0. The molecule has 1 fully saturated rings. The summed E-state index contributed by atoms with van der Waals surface area (Å²) in [6.45, 7) is 2.33. The van der Waals surface area contributed by atoms with Crippen LogP contribution in [-0.2, 0) is 0 Å². The number of benzene rings is 2. The number of allylic oxidation sites excluding steroid dienone is 2. The summed E-state index contributed by atoms with van der Waals surface area (Å²) in [7, 11) is -0.404. The molecule has 1 unspecified atom stereocenters. The Hall–Kier alpha value is -1.81. The zero-order valence-electron chi connectivity index (χ0n) is 17.8. The molecule has 1 aliphatic carbocycles. The standard InChI is InChI=1S/C26H31F3Si/c1-2-13-30-14-11-22(12-15-30)20-5-3-18(4-6-20)19-7-9-21(10-8-19)23-16-24(27)26(29)25(28)17-23/h3,7-10,16-17,20,22,30H,2,4-6,11-15H2,1H3/t20?,22-,30-. The maximum Gasteiger partial charge on any atom is 0.194 e. The lowest BCUT2D eigenvalue weighted by Crippen LogP contribution is -2.26. The van der Waals surface area contributed by atoms with Crippen LogP contribution < -0.4 is 0 Å². The predicted octanol–water partition coefficient (Wildman–Crippen LogP) is 8.00. The van der Waals surface area contributed by atoms with E-state index in [4.69, 9.17) is 0 Å². The average molecular weight is 429 g/mol. The smallest absolute Gasteiger partial charge is 0.194 e. The molecule has 2 aromatic rings. The van der Waals surface area contributed by atoms with E-state index in [0.717, 1.165) is 30.4 Å². The SMILES string of the molecule is CCC[Si@H]1CC[C@H](C2CC=C(c3ccc(-c4cc(F)c(F)c(F)c4)cc3)CC2)CC1. The van der Waals surface area contributed by atoms with Crippen LogP contribution in [0.15, 0.2) is 42.5 Å². The van der Waals surface area contributed by atoms with Crippen molar-refractivity contribution in [3.63, 3.8) is 0 Å². The molecule has 1 atom stereocenters. The molecular weight excluding hydrogens is 397 g/mol. The molecular formula is C26H31F3Si. The third-order valence-electron chi connectivity index (χ3n) is 7.28. The highest BCUT2D eigenvalue weighted by Crippen LogP contribution is 2.41. The Balaban J connectivity index is 1.39. The highest BCUT2D eigenvalue weighted by Gasteiger charge is 2.29. The normalized spacial score (nSPS) is 24.5. The quantitative estimate of drug-likeness (QED) is 0.334. The molecule has 1 aliphatic heterocycles. The Bertz CT molecular complexity index is 872. The van der Waals surface area contributed by atoms with Gasteiger partial charge in [-0.25, -0.2) is 13.2 Å². The third kappa shape index (κ3) is 4.74. The van der Waals surface area contributed by atoms with Crippen molar-refractivity contribution in [3.05, 3.63) is 65.5 Å². The molecule has 4 rings (SSSR count). The predicted molar refractivity (Wildman–Crippen MR) is 122 cm³/mol. The lowest BCUT2D eigenvalue weighted by molar-refractivity contribution is 0.285. The first-order valence-electron chi connectivity index (χ1n) is 11.5. The van der Waals surface area contributed by atoms with Gasteiger partial charge in [-0.2, -0.15) is 0 Å². The van der Waals surface area contributed by atoms with Gasteiger partial charge in [-0.05, 0) is 65.5 Å². The van der Waals surface area contributed by atoms with Gasteiger partial charge in [-0.15, -0.1) is 0 Å². The molecule has 30 heavy (non-hydrogen) atoms. The van der Waals surface area contributed by atoms with Crippen LogP contribution in [0, 0.1) is 29.3 Å². The fraction of sp³-hybridized carbons (Fsp3) is 0.462. The number of hydrogen-bond donors (Lipinski definition) is 0. The maximum atomic E-state index is 13.5. The molecule has 0 saturated carbocycles. The summed E-state index contributed by atoms with van der Waals surface area (Å²) >= 11 is 0. The van der Waals surface area contributed by atoms with Gasteiger partial charge in [0.25, 0.3) is 0 Å². The molecule has 4 heteroatoms. The lowest BCUT2D eigenvalue weighted by atomic mass is 9.77. The zero-order chi connectivity index (χ0) is 21.1. The van der Waals surface area contributed by atoms with Crippen molar-refractivity contribution in [1.82, 2.24) is 0 Å². The average Bonchev–Trinajstić information content (AvgIpc) is 2.78. The molecule has 0 amide bonds. The minimum Gasteiger partial charge on any atom is -0.204 e. The van der Waals surface area contributed by atoms with Gasteiger partial charge in [0.15, 0.2) is 17.5 Å². The molecule has 160 valence electrons. The van der Waals surface area contributed by atoms with E-state index in [1.807, 2.05) is 24.3 Å². The molecule has 1 heterocycles. The Labute approximate surface area is 179 Å². The minimum atomic E-state index is -1.42. The van der Waals surface area contributed by atoms with E-state index in [1.165, 1.54) is 49.3 Å². The summed E-state index contributed by atoms with van der Waals surface area (Å²) < 4.78 is 40.2. The molecule has 0 aromatic heterocycles. The second-order valence-electron chi connectivity index (χ2n) is 9.16. The Morgan fingerprint density at radius 3 is 2.03 bits per heavy atom. The molecule has 2 aromatic carbocycles. The summed E-state index contributed by atoms with van der Waals surface area (Å²) in [6.07, 6.45) is 10.3. The van der Waals surface area contributed by atoms with Crippen molar-refractivity contribution in [1.29, 1.82) is 0 Å². The monoisotopic (exact) mass is 428 g/mol. The second-order valence-corrected chi connectivity index (χ2v) is 12.6. The van der Waals surface area contributed by atoms with Gasteiger partial charge in [0.05, 0.1) is 0 Å². The van der Waals surface area contributed by atoms with E-state index < -0.39 is 26.2 Å². The summed E-state index contributed by atoms with van der Waals surface area (Å²) in [6, 6.07) is 14.5. The largest absolute Gasteiger partial charge is 0.204 e. The van der Waals surface area contributed by atoms with Crippen molar-refractivity contribution in [2.75, 3.05) is 0 Å². The van der Waals surface area contributed by atoms with E-state index in [2.05, 4.69) is 13.0 Å². The Morgan fingerprint density at radius 2 is 1.47 bits per heavy atom. The van der Waals surface area contributed by atoms with E-state index in [-0.39, 0.29) is 0 Å². The molecule has 0 bridgehead atoms. The zero-order valence-corrected chi connectivity index (χ0v) is 18.9. The highest BCUT2D eigenvalue weighted by atomic mass is 28.3. The van der Waals surface area contributed by atoms with Gasteiger partial charge in [0.1, 0.15) is 0 Å².